The van der Waals surface area contributed by atoms with Gasteiger partial charge in [-0.25, -0.2) is 9.37 Å². The first kappa shape index (κ1) is 15.2. The van der Waals surface area contributed by atoms with Crippen LogP contribution in [-0.2, 0) is 11.3 Å². The van der Waals surface area contributed by atoms with Crippen molar-refractivity contribution in [2.75, 3.05) is 26.4 Å². The molecular formula is C15H23FN2O2. The number of hydrogen-bond acceptors (Lipinski definition) is 4. The van der Waals surface area contributed by atoms with Gasteiger partial charge in [-0.15, -0.1) is 0 Å². The molecule has 4 nitrogen and oxygen atoms in total. The lowest BCUT2D eigenvalue weighted by atomic mass is 10.0. The monoisotopic (exact) mass is 282 g/mol. The van der Waals surface area contributed by atoms with Crippen molar-refractivity contribution in [3.05, 3.63) is 23.6 Å². The SMILES string of the molecule is CCCNCc1ccnc(OCC2CCOCC2)c1F. The van der Waals surface area contributed by atoms with Gasteiger partial charge in [0, 0.05) is 31.5 Å². The van der Waals surface area contributed by atoms with Crippen LogP contribution in [0, 0.1) is 11.7 Å². The quantitative estimate of drug-likeness (QED) is 0.780. The molecule has 20 heavy (non-hydrogen) atoms. The van der Waals surface area contributed by atoms with Crippen molar-refractivity contribution in [2.24, 2.45) is 5.92 Å². The molecule has 0 aliphatic carbocycles. The van der Waals surface area contributed by atoms with Crippen molar-refractivity contribution < 1.29 is 13.9 Å². The largest absolute Gasteiger partial charge is 0.475 e. The van der Waals surface area contributed by atoms with E-state index in [4.69, 9.17) is 9.47 Å². The summed E-state index contributed by atoms with van der Waals surface area (Å²) in [5.41, 5.74) is 0.607. The fraction of sp³-hybridized carbons (Fsp3) is 0.667. The summed E-state index contributed by atoms with van der Waals surface area (Å²) in [6.07, 6.45) is 4.57. The van der Waals surface area contributed by atoms with Crippen LogP contribution in [0.15, 0.2) is 12.3 Å². The van der Waals surface area contributed by atoms with E-state index in [-0.39, 0.29) is 11.7 Å². The lowest BCUT2D eigenvalue weighted by Crippen LogP contribution is -2.22. The van der Waals surface area contributed by atoms with Gasteiger partial charge in [0.25, 0.3) is 5.88 Å². The smallest absolute Gasteiger partial charge is 0.250 e. The van der Waals surface area contributed by atoms with Gasteiger partial charge in [0.1, 0.15) is 0 Å². The Kier molecular flexibility index (Phi) is 6.21. The van der Waals surface area contributed by atoms with E-state index in [1.54, 1.807) is 12.3 Å². The highest BCUT2D eigenvalue weighted by Crippen LogP contribution is 2.20. The molecular weight excluding hydrogens is 259 g/mol. The molecule has 0 unspecified atom stereocenters. The number of aromatic nitrogens is 1. The Bertz CT molecular complexity index is 409. The highest BCUT2D eigenvalue weighted by atomic mass is 19.1. The minimum Gasteiger partial charge on any atom is -0.475 e. The third kappa shape index (κ3) is 4.42. The minimum atomic E-state index is -0.344. The van der Waals surface area contributed by atoms with Crippen molar-refractivity contribution in [3.8, 4) is 5.88 Å². The Morgan fingerprint density at radius 1 is 1.45 bits per heavy atom. The lowest BCUT2D eigenvalue weighted by molar-refractivity contribution is 0.0483. The Balaban J connectivity index is 1.88. The summed E-state index contributed by atoms with van der Waals surface area (Å²) in [6.45, 7) is 5.52. The highest BCUT2D eigenvalue weighted by molar-refractivity contribution is 5.23. The van der Waals surface area contributed by atoms with Crippen molar-refractivity contribution in [1.29, 1.82) is 0 Å². The number of pyridine rings is 1. The number of nitrogens with one attached hydrogen (secondary N) is 1. The normalized spacial score (nSPS) is 16.3. The molecule has 1 aromatic rings. The van der Waals surface area contributed by atoms with Crippen LogP contribution in [0.4, 0.5) is 4.39 Å². The van der Waals surface area contributed by atoms with Gasteiger partial charge in [0.15, 0.2) is 5.82 Å². The third-order valence-electron chi connectivity index (χ3n) is 3.48. The molecule has 0 atom stereocenters. The zero-order chi connectivity index (χ0) is 14.2. The van der Waals surface area contributed by atoms with Crippen LogP contribution in [0.5, 0.6) is 5.88 Å². The second kappa shape index (κ2) is 8.17. The van der Waals surface area contributed by atoms with Crippen molar-refractivity contribution in [2.45, 2.75) is 32.7 Å². The third-order valence-corrected chi connectivity index (χ3v) is 3.48. The van der Waals surface area contributed by atoms with Crippen LogP contribution < -0.4 is 10.1 Å². The maximum Gasteiger partial charge on any atom is 0.250 e. The highest BCUT2D eigenvalue weighted by Gasteiger charge is 2.17. The minimum absolute atomic E-state index is 0.118. The zero-order valence-electron chi connectivity index (χ0n) is 12.0. The number of nitrogens with zero attached hydrogens (tertiary/aromatic N) is 1. The summed E-state index contributed by atoms with van der Waals surface area (Å²) in [5.74, 6) is 0.210. The van der Waals surface area contributed by atoms with Crippen LogP contribution in [0.2, 0.25) is 0 Å². The molecule has 112 valence electrons. The van der Waals surface area contributed by atoms with E-state index in [0.29, 0.717) is 24.6 Å². The van der Waals surface area contributed by atoms with E-state index in [0.717, 1.165) is 39.0 Å². The van der Waals surface area contributed by atoms with Gasteiger partial charge in [-0.05, 0) is 37.8 Å². The van der Waals surface area contributed by atoms with Gasteiger partial charge >= 0.3 is 0 Å². The molecule has 5 heteroatoms. The molecule has 1 aliphatic rings. The van der Waals surface area contributed by atoms with Gasteiger partial charge in [-0.1, -0.05) is 6.92 Å². The van der Waals surface area contributed by atoms with Gasteiger partial charge < -0.3 is 14.8 Å². The van der Waals surface area contributed by atoms with Crippen LogP contribution in [0.1, 0.15) is 31.7 Å². The average Bonchev–Trinajstić information content (AvgIpc) is 2.49. The Morgan fingerprint density at radius 2 is 2.25 bits per heavy atom. The number of ether oxygens (including phenoxy) is 2. The predicted molar refractivity (Wildman–Crippen MR) is 75.2 cm³/mol. The summed E-state index contributed by atoms with van der Waals surface area (Å²) in [4.78, 5) is 4.00. The molecule has 1 N–H and O–H groups in total. The van der Waals surface area contributed by atoms with Gasteiger partial charge in [-0.2, -0.15) is 0 Å². The zero-order valence-corrected chi connectivity index (χ0v) is 12.0. The molecule has 1 aliphatic heterocycles. The molecule has 1 aromatic heterocycles. The first-order valence-electron chi connectivity index (χ1n) is 7.36. The van der Waals surface area contributed by atoms with Crippen molar-refractivity contribution >= 4 is 0 Å². The van der Waals surface area contributed by atoms with Crippen LogP contribution in [-0.4, -0.2) is 31.3 Å². The van der Waals surface area contributed by atoms with E-state index in [1.807, 2.05) is 0 Å². The molecule has 1 fully saturated rings. The van der Waals surface area contributed by atoms with Gasteiger partial charge in [-0.3, -0.25) is 0 Å². The Labute approximate surface area is 119 Å². The molecule has 0 aromatic carbocycles. The second-order valence-corrected chi connectivity index (χ2v) is 5.13. The Hall–Kier alpha value is -1.20. The Morgan fingerprint density at radius 3 is 3.00 bits per heavy atom. The molecule has 0 spiro atoms. The van der Waals surface area contributed by atoms with Crippen LogP contribution >= 0.6 is 0 Å². The number of halogens is 1. The molecule has 1 saturated heterocycles. The van der Waals surface area contributed by atoms with Gasteiger partial charge in [0.2, 0.25) is 0 Å². The van der Waals surface area contributed by atoms with Crippen LogP contribution in [0.25, 0.3) is 0 Å². The van der Waals surface area contributed by atoms with E-state index in [9.17, 15) is 4.39 Å². The fourth-order valence-electron chi connectivity index (χ4n) is 2.21. The molecule has 0 radical (unpaired) electrons. The van der Waals surface area contributed by atoms with E-state index in [1.165, 1.54) is 0 Å². The van der Waals surface area contributed by atoms with Gasteiger partial charge in [0.05, 0.1) is 6.61 Å². The summed E-state index contributed by atoms with van der Waals surface area (Å²) >= 11 is 0. The van der Waals surface area contributed by atoms with E-state index in [2.05, 4.69) is 17.2 Å². The number of rotatable bonds is 7. The average molecular weight is 282 g/mol. The van der Waals surface area contributed by atoms with E-state index >= 15 is 0 Å². The number of hydrogen-bond donors (Lipinski definition) is 1. The first-order chi connectivity index (χ1) is 9.81. The molecule has 2 rings (SSSR count). The van der Waals surface area contributed by atoms with Crippen molar-refractivity contribution in [1.82, 2.24) is 10.3 Å². The first-order valence-corrected chi connectivity index (χ1v) is 7.36. The lowest BCUT2D eigenvalue weighted by Gasteiger charge is -2.22. The van der Waals surface area contributed by atoms with Crippen LogP contribution in [0.3, 0.4) is 0 Å². The maximum atomic E-state index is 14.2. The summed E-state index contributed by atoms with van der Waals surface area (Å²) in [7, 11) is 0. The topological polar surface area (TPSA) is 43.4 Å². The second-order valence-electron chi connectivity index (χ2n) is 5.13. The summed E-state index contributed by atoms with van der Waals surface area (Å²) < 4.78 is 25.1. The fourth-order valence-corrected chi connectivity index (χ4v) is 2.21. The standard InChI is InChI=1S/C15H23FN2O2/c1-2-6-17-10-13-3-7-18-15(14(13)16)20-11-12-4-8-19-9-5-12/h3,7,12,17H,2,4-6,8-11H2,1H3. The van der Waals surface area contributed by atoms with Crippen molar-refractivity contribution in [3.63, 3.8) is 0 Å². The molecule has 0 amide bonds. The van der Waals surface area contributed by atoms with E-state index < -0.39 is 0 Å². The predicted octanol–water partition coefficient (Wildman–Crippen LogP) is 2.53. The molecule has 0 bridgehead atoms. The molecule has 2 heterocycles. The molecule has 0 saturated carbocycles. The summed E-state index contributed by atoms with van der Waals surface area (Å²) in [5, 5.41) is 3.19. The maximum absolute atomic E-state index is 14.2. The summed E-state index contributed by atoms with van der Waals surface area (Å²) in [6, 6.07) is 1.69.